The molecule has 1 aromatic heterocycles. The van der Waals surface area contributed by atoms with Gasteiger partial charge >= 0.3 is 0 Å². The molecule has 0 bridgehead atoms. The first-order chi connectivity index (χ1) is 7.91. The molecule has 4 heteroatoms. The van der Waals surface area contributed by atoms with Gasteiger partial charge in [-0.3, -0.25) is 0 Å². The van der Waals surface area contributed by atoms with Gasteiger partial charge in [0.25, 0.3) is 0 Å². The molecule has 0 saturated carbocycles. The Bertz CT molecular complexity index is 385. The van der Waals surface area contributed by atoms with Crippen molar-refractivity contribution in [1.82, 2.24) is 0 Å². The first-order valence-electron chi connectivity index (χ1n) is 6.01. The maximum absolute atomic E-state index is 10.5. The SMILES string of the molecule is Cc1cc(C(O)C2C(C)OC(C)C2C)sc1Br. The van der Waals surface area contributed by atoms with E-state index in [9.17, 15) is 5.11 Å². The fourth-order valence-electron chi connectivity index (χ4n) is 2.66. The molecule has 0 aromatic carbocycles. The summed E-state index contributed by atoms with van der Waals surface area (Å²) in [6.07, 6.45) is -0.0646. The summed E-state index contributed by atoms with van der Waals surface area (Å²) in [5, 5.41) is 10.5. The summed E-state index contributed by atoms with van der Waals surface area (Å²) in [7, 11) is 0. The van der Waals surface area contributed by atoms with Gasteiger partial charge < -0.3 is 9.84 Å². The molecule has 96 valence electrons. The normalized spacial score (nSPS) is 35.2. The number of rotatable bonds is 2. The van der Waals surface area contributed by atoms with Crippen LogP contribution in [0.5, 0.6) is 0 Å². The van der Waals surface area contributed by atoms with Crippen molar-refractivity contribution in [2.45, 2.75) is 46.0 Å². The van der Waals surface area contributed by atoms with Crippen molar-refractivity contribution in [1.29, 1.82) is 0 Å². The summed E-state index contributed by atoms with van der Waals surface area (Å²) in [4.78, 5) is 1.04. The van der Waals surface area contributed by atoms with E-state index in [-0.39, 0.29) is 18.1 Å². The van der Waals surface area contributed by atoms with E-state index in [4.69, 9.17) is 4.74 Å². The highest BCUT2D eigenvalue weighted by Crippen LogP contribution is 2.43. The van der Waals surface area contributed by atoms with E-state index in [0.717, 1.165) is 8.66 Å². The number of hydrogen-bond donors (Lipinski definition) is 1. The Kier molecular flexibility index (Phi) is 3.98. The van der Waals surface area contributed by atoms with Crippen LogP contribution in [0.3, 0.4) is 0 Å². The van der Waals surface area contributed by atoms with Crippen LogP contribution >= 0.6 is 27.3 Å². The van der Waals surface area contributed by atoms with E-state index in [1.807, 2.05) is 0 Å². The minimum Gasteiger partial charge on any atom is -0.387 e. The van der Waals surface area contributed by atoms with Crippen molar-refractivity contribution >= 4 is 27.3 Å². The molecule has 0 amide bonds. The van der Waals surface area contributed by atoms with Gasteiger partial charge in [0.1, 0.15) is 0 Å². The third kappa shape index (κ3) is 2.46. The maximum atomic E-state index is 10.5. The van der Waals surface area contributed by atoms with Crippen LogP contribution in [0.15, 0.2) is 9.85 Å². The fourth-order valence-corrected chi connectivity index (χ4v) is 4.27. The predicted molar refractivity (Wildman–Crippen MR) is 74.4 cm³/mol. The summed E-state index contributed by atoms with van der Waals surface area (Å²) in [5.74, 6) is 0.580. The number of aliphatic hydroxyl groups excluding tert-OH is 1. The van der Waals surface area contributed by atoms with Crippen molar-refractivity contribution in [3.8, 4) is 0 Å². The zero-order valence-electron chi connectivity index (χ0n) is 10.6. The molecule has 1 aromatic rings. The number of thiophene rings is 1. The number of hydrogen-bond acceptors (Lipinski definition) is 3. The van der Waals surface area contributed by atoms with Crippen LogP contribution in [0.1, 0.15) is 37.3 Å². The molecule has 2 heterocycles. The van der Waals surface area contributed by atoms with Crippen LogP contribution in [0.25, 0.3) is 0 Å². The summed E-state index contributed by atoms with van der Waals surface area (Å²) in [6, 6.07) is 2.07. The number of aryl methyl sites for hydroxylation is 1. The summed E-state index contributed by atoms with van der Waals surface area (Å²) >= 11 is 5.14. The second-order valence-corrected chi connectivity index (χ2v) is 7.43. The highest BCUT2D eigenvalue weighted by atomic mass is 79.9. The van der Waals surface area contributed by atoms with E-state index in [2.05, 4.69) is 49.7 Å². The average Bonchev–Trinajstić information content (AvgIpc) is 2.70. The smallest absolute Gasteiger partial charge is 0.0938 e. The summed E-state index contributed by atoms with van der Waals surface area (Å²) in [5.41, 5.74) is 1.19. The molecule has 1 saturated heterocycles. The second kappa shape index (κ2) is 5.00. The highest BCUT2D eigenvalue weighted by molar-refractivity contribution is 9.11. The van der Waals surface area contributed by atoms with E-state index < -0.39 is 6.10 Å². The molecule has 0 radical (unpaired) electrons. The Morgan fingerprint density at radius 2 is 2.00 bits per heavy atom. The first-order valence-corrected chi connectivity index (χ1v) is 7.62. The predicted octanol–water partition coefficient (Wildman–Crippen LogP) is 3.91. The third-order valence-corrected chi connectivity index (χ3v) is 6.06. The van der Waals surface area contributed by atoms with Crippen LogP contribution in [0.4, 0.5) is 0 Å². The van der Waals surface area contributed by atoms with Gasteiger partial charge in [0.15, 0.2) is 0 Å². The first kappa shape index (κ1) is 13.5. The number of ether oxygens (including phenoxy) is 1. The molecular weight excluding hydrogens is 300 g/mol. The lowest BCUT2D eigenvalue weighted by molar-refractivity contribution is 0.0242. The van der Waals surface area contributed by atoms with E-state index >= 15 is 0 Å². The van der Waals surface area contributed by atoms with Crippen molar-refractivity contribution < 1.29 is 9.84 Å². The molecule has 0 aliphatic carbocycles. The molecule has 2 rings (SSSR count). The molecule has 2 nitrogen and oxygen atoms in total. The Morgan fingerprint density at radius 1 is 1.35 bits per heavy atom. The molecule has 1 N–H and O–H groups in total. The van der Waals surface area contributed by atoms with Gasteiger partial charge in [-0.1, -0.05) is 6.92 Å². The van der Waals surface area contributed by atoms with Gasteiger partial charge in [-0.15, -0.1) is 11.3 Å². The van der Waals surface area contributed by atoms with Gasteiger partial charge in [-0.2, -0.15) is 0 Å². The minimum atomic E-state index is -0.417. The lowest BCUT2D eigenvalue weighted by Crippen LogP contribution is -2.24. The molecule has 1 fully saturated rings. The Balaban J connectivity index is 2.22. The second-order valence-electron chi connectivity index (χ2n) is 5.03. The van der Waals surface area contributed by atoms with Crippen LogP contribution < -0.4 is 0 Å². The monoisotopic (exact) mass is 318 g/mol. The zero-order valence-corrected chi connectivity index (χ0v) is 13.0. The van der Waals surface area contributed by atoms with Gasteiger partial charge in [0, 0.05) is 10.8 Å². The largest absolute Gasteiger partial charge is 0.387 e. The van der Waals surface area contributed by atoms with Gasteiger partial charge in [-0.25, -0.2) is 0 Å². The third-order valence-electron chi connectivity index (χ3n) is 3.85. The van der Waals surface area contributed by atoms with Crippen molar-refractivity contribution in [2.75, 3.05) is 0 Å². The molecule has 1 aliphatic heterocycles. The van der Waals surface area contributed by atoms with Gasteiger partial charge in [0.2, 0.25) is 0 Å². The van der Waals surface area contributed by atoms with Gasteiger partial charge in [-0.05, 0) is 54.2 Å². The van der Waals surface area contributed by atoms with E-state index in [0.29, 0.717) is 5.92 Å². The van der Waals surface area contributed by atoms with Crippen LogP contribution in [-0.2, 0) is 4.74 Å². The van der Waals surface area contributed by atoms with Gasteiger partial charge in [0.05, 0.1) is 22.1 Å². The molecule has 1 aliphatic rings. The van der Waals surface area contributed by atoms with Crippen molar-refractivity contribution in [3.05, 3.63) is 20.3 Å². The molecular formula is C13H19BrO2S. The average molecular weight is 319 g/mol. The quantitative estimate of drug-likeness (QED) is 0.895. The molecule has 0 spiro atoms. The minimum absolute atomic E-state index is 0.121. The van der Waals surface area contributed by atoms with Crippen LogP contribution in [0.2, 0.25) is 0 Å². The Labute approximate surface area is 115 Å². The van der Waals surface area contributed by atoms with Crippen LogP contribution in [0, 0.1) is 18.8 Å². The standard InChI is InChI=1S/C13H19BrO2S/c1-6-5-10(17-13(6)14)12(15)11-7(2)8(3)16-9(11)4/h5,7-9,11-12,15H,1-4H3. The summed E-state index contributed by atoms with van der Waals surface area (Å²) in [6.45, 7) is 8.36. The Morgan fingerprint density at radius 3 is 2.41 bits per heavy atom. The highest BCUT2D eigenvalue weighted by Gasteiger charge is 2.42. The van der Waals surface area contributed by atoms with E-state index in [1.165, 1.54) is 5.56 Å². The molecule has 5 unspecified atom stereocenters. The van der Waals surface area contributed by atoms with Crippen molar-refractivity contribution in [2.24, 2.45) is 11.8 Å². The van der Waals surface area contributed by atoms with E-state index in [1.54, 1.807) is 11.3 Å². The topological polar surface area (TPSA) is 29.5 Å². The maximum Gasteiger partial charge on any atom is 0.0938 e. The Hall–Kier alpha value is 0.100. The van der Waals surface area contributed by atoms with Crippen LogP contribution in [-0.4, -0.2) is 17.3 Å². The molecule has 17 heavy (non-hydrogen) atoms. The zero-order chi connectivity index (χ0) is 12.7. The van der Waals surface area contributed by atoms with Crippen molar-refractivity contribution in [3.63, 3.8) is 0 Å². The lowest BCUT2D eigenvalue weighted by Gasteiger charge is -2.23. The molecule has 5 atom stereocenters. The number of aliphatic hydroxyl groups is 1. The summed E-state index contributed by atoms with van der Waals surface area (Å²) < 4.78 is 6.91. The fraction of sp³-hybridized carbons (Fsp3) is 0.692. The number of halogens is 1. The lowest BCUT2D eigenvalue weighted by atomic mass is 9.84.